The number of hydrazine groups is 3. The van der Waals surface area contributed by atoms with Crippen molar-refractivity contribution in [2.24, 2.45) is 0 Å². The van der Waals surface area contributed by atoms with E-state index in [2.05, 4.69) is 32.3 Å². The third-order valence-electron chi connectivity index (χ3n) is 3.93. The average Bonchev–Trinajstić information content (AvgIpc) is 3.36. The van der Waals surface area contributed by atoms with E-state index < -0.39 is 11.7 Å². The molecule has 5 N–H and O–H groups in total. The van der Waals surface area contributed by atoms with Crippen molar-refractivity contribution in [2.45, 2.75) is 6.17 Å². The van der Waals surface area contributed by atoms with E-state index in [1.807, 2.05) is 18.2 Å². The lowest BCUT2D eigenvalue weighted by Gasteiger charge is -2.12. The zero-order chi connectivity index (χ0) is 17.9. The number of aromatic nitrogens is 2. The van der Waals surface area contributed by atoms with Crippen LogP contribution in [0.3, 0.4) is 0 Å². The fraction of sp³-hybridized carbons (Fsp3) is 0.0588. The van der Waals surface area contributed by atoms with Crippen molar-refractivity contribution in [1.29, 1.82) is 0 Å². The predicted octanol–water partition coefficient (Wildman–Crippen LogP) is 1.38. The number of carbonyl (C=O) groups excluding carboxylic acids is 1. The summed E-state index contributed by atoms with van der Waals surface area (Å²) in [6, 6.07) is 13.3. The summed E-state index contributed by atoms with van der Waals surface area (Å²) >= 11 is 0. The fourth-order valence-corrected chi connectivity index (χ4v) is 2.66. The molecule has 1 amide bonds. The van der Waals surface area contributed by atoms with Crippen molar-refractivity contribution in [3.05, 3.63) is 77.9 Å². The van der Waals surface area contributed by atoms with Gasteiger partial charge in [-0.15, -0.1) is 0 Å². The van der Waals surface area contributed by atoms with Gasteiger partial charge in [-0.1, -0.05) is 12.1 Å². The van der Waals surface area contributed by atoms with Gasteiger partial charge in [-0.25, -0.2) is 19.9 Å². The number of halogens is 1. The number of nitrogens with zero attached hydrogens (tertiary/aromatic N) is 2. The van der Waals surface area contributed by atoms with Gasteiger partial charge >= 0.3 is 0 Å². The molecule has 0 saturated carbocycles. The van der Waals surface area contributed by atoms with Gasteiger partial charge in [0.2, 0.25) is 0 Å². The van der Waals surface area contributed by atoms with Crippen LogP contribution in [0.4, 0.5) is 10.1 Å². The lowest BCUT2D eigenvalue weighted by atomic mass is 10.1. The number of amides is 1. The van der Waals surface area contributed by atoms with E-state index in [9.17, 15) is 9.18 Å². The standard InChI is InChI=1S/C17H16FN7O/c18-14-10-12(5-6-15(14)25-8-2-7-19-25)17(26)20-13-4-1-3-11(9-13)16-21-23-24-22-16/h1-10,16,21-24H,(H,20,26). The lowest BCUT2D eigenvalue weighted by Crippen LogP contribution is -2.33. The second-order valence-corrected chi connectivity index (χ2v) is 5.67. The topological polar surface area (TPSA) is 95.0 Å². The van der Waals surface area contributed by atoms with Crippen molar-refractivity contribution in [1.82, 2.24) is 31.7 Å². The average molecular weight is 353 g/mol. The quantitative estimate of drug-likeness (QED) is 0.486. The Morgan fingerprint density at radius 2 is 1.96 bits per heavy atom. The lowest BCUT2D eigenvalue weighted by molar-refractivity contribution is 0.102. The van der Waals surface area contributed by atoms with Gasteiger partial charge in [-0.2, -0.15) is 16.2 Å². The minimum Gasteiger partial charge on any atom is -0.322 e. The van der Waals surface area contributed by atoms with Crippen molar-refractivity contribution < 1.29 is 9.18 Å². The summed E-state index contributed by atoms with van der Waals surface area (Å²) in [6.45, 7) is 0. The van der Waals surface area contributed by atoms with Crippen LogP contribution in [0.5, 0.6) is 0 Å². The molecule has 4 rings (SSSR count). The summed E-state index contributed by atoms with van der Waals surface area (Å²) in [5, 5.41) is 6.77. The van der Waals surface area contributed by atoms with E-state index in [1.165, 1.54) is 16.8 Å². The van der Waals surface area contributed by atoms with Crippen molar-refractivity contribution in [3.8, 4) is 5.69 Å². The molecule has 8 nitrogen and oxygen atoms in total. The number of carbonyl (C=O) groups is 1. The highest BCUT2D eigenvalue weighted by molar-refractivity contribution is 6.04. The van der Waals surface area contributed by atoms with Gasteiger partial charge in [-0.05, 0) is 42.0 Å². The number of hydrogen-bond acceptors (Lipinski definition) is 6. The van der Waals surface area contributed by atoms with E-state index in [0.717, 1.165) is 5.56 Å². The maximum Gasteiger partial charge on any atom is 0.255 e. The Morgan fingerprint density at radius 1 is 1.12 bits per heavy atom. The first-order chi connectivity index (χ1) is 12.7. The molecule has 3 aromatic rings. The van der Waals surface area contributed by atoms with Crippen LogP contribution < -0.4 is 27.2 Å². The second-order valence-electron chi connectivity index (χ2n) is 5.67. The molecule has 1 saturated heterocycles. The highest BCUT2D eigenvalue weighted by Gasteiger charge is 2.16. The van der Waals surface area contributed by atoms with E-state index in [4.69, 9.17) is 0 Å². The van der Waals surface area contributed by atoms with Crippen LogP contribution in [-0.2, 0) is 0 Å². The number of benzene rings is 2. The highest BCUT2D eigenvalue weighted by Crippen LogP contribution is 2.19. The molecule has 132 valence electrons. The molecular weight excluding hydrogens is 337 g/mol. The first-order valence-corrected chi connectivity index (χ1v) is 7.93. The largest absolute Gasteiger partial charge is 0.322 e. The molecule has 1 aliphatic heterocycles. The zero-order valence-corrected chi connectivity index (χ0v) is 13.5. The molecule has 0 radical (unpaired) electrons. The first-order valence-electron chi connectivity index (χ1n) is 7.93. The van der Waals surface area contributed by atoms with Crippen molar-refractivity contribution in [3.63, 3.8) is 0 Å². The minimum absolute atomic E-state index is 0.141. The molecule has 1 aromatic heterocycles. The van der Waals surface area contributed by atoms with Gasteiger partial charge in [0.05, 0.1) is 0 Å². The predicted molar refractivity (Wildman–Crippen MR) is 93.2 cm³/mol. The Labute approximate surface area is 148 Å². The molecule has 0 aliphatic carbocycles. The van der Waals surface area contributed by atoms with Crippen LogP contribution >= 0.6 is 0 Å². The van der Waals surface area contributed by atoms with Crippen LogP contribution in [0, 0.1) is 5.82 Å². The Bertz CT molecular complexity index is 923. The monoisotopic (exact) mass is 353 g/mol. The fourth-order valence-electron chi connectivity index (χ4n) is 2.66. The second kappa shape index (κ2) is 7.02. The number of rotatable bonds is 4. The Morgan fingerprint density at radius 3 is 2.69 bits per heavy atom. The summed E-state index contributed by atoms with van der Waals surface area (Å²) < 4.78 is 15.7. The smallest absolute Gasteiger partial charge is 0.255 e. The molecule has 1 aliphatic rings. The SMILES string of the molecule is O=C(Nc1cccc(C2NNNN2)c1)c1ccc(-n2cccn2)c(F)c1. The molecule has 0 unspecified atom stereocenters. The number of anilines is 1. The molecule has 0 bridgehead atoms. The van der Waals surface area contributed by atoms with E-state index in [1.54, 1.807) is 30.6 Å². The van der Waals surface area contributed by atoms with Crippen LogP contribution in [0.25, 0.3) is 5.69 Å². The van der Waals surface area contributed by atoms with Crippen LogP contribution in [0.15, 0.2) is 60.9 Å². The highest BCUT2D eigenvalue weighted by atomic mass is 19.1. The van der Waals surface area contributed by atoms with Gasteiger partial charge in [0.1, 0.15) is 17.7 Å². The van der Waals surface area contributed by atoms with E-state index in [0.29, 0.717) is 5.69 Å². The Hall–Kier alpha value is -3.11. The van der Waals surface area contributed by atoms with Gasteiger partial charge in [0.15, 0.2) is 0 Å². The maximum atomic E-state index is 14.3. The third kappa shape index (κ3) is 3.32. The van der Waals surface area contributed by atoms with E-state index in [-0.39, 0.29) is 17.4 Å². The summed E-state index contributed by atoms with van der Waals surface area (Å²) in [6.07, 6.45) is 3.06. The first kappa shape index (κ1) is 16.4. The Kier molecular flexibility index (Phi) is 4.42. The number of hydrogen-bond donors (Lipinski definition) is 5. The molecule has 2 heterocycles. The normalized spacial score (nSPS) is 14.5. The van der Waals surface area contributed by atoms with Crippen molar-refractivity contribution >= 4 is 11.6 Å². The van der Waals surface area contributed by atoms with E-state index >= 15 is 0 Å². The van der Waals surface area contributed by atoms with Crippen molar-refractivity contribution in [2.75, 3.05) is 5.32 Å². The Balaban J connectivity index is 1.51. The molecule has 1 fully saturated rings. The summed E-state index contributed by atoms with van der Waals surface area (Å²) in [5.74, 6) is -0.914. The van der Waals surface area contributed by atoms with Gasteiger partial charge in [0.25, 0.3) is 5.91 Å². The number of nitrogens with one attached hydrogen (secondary N) is 5. The molecule has 9 heteroatoms. The summed E-state index contributed by atoms with van der Waals surface area (Å²) in [7, 11) is 0. The summed E-state index contributed by atoms with van der Waals surface area (Å²) in [4.78, 5) is 12.4. The van der Waals surface area contributed by atoms with Crippen LogP contribution in [-0.4, -0.2) is 15.7 Å². The molecule has 0 atom stereocenters. The zero-order valence-electron chi connectivity index (χ0n) is 13.5. The molecule has 26 heavy (non-hydrogen) atoms. The van der Waals surface area contributed by atoms with Crippen LogP contribution in [0.2, 0.25) is 0 Å². The van der Waals surface area contributed by atoms with Crippen LogP contribution in [0.1, 0.15) is 22.1 Å². The molecule has 2 aromatic carbocycles. The summed E-state index contributed by atoms with van der Waals surface area (Å²) in [5.41, 5.74) is 13.4. The third-order valence-corrected chi connectivity index (χ3v) is 3.93. The van der Waals surface area contributed by atoms with Gasteiger partial charge in [0, 0.05) is 23.6 Å². The molecule has 0 spiro atoms. The van der Waals surface area contributed by atoms with Gasteiger partial charge < -0.3 is 5.32 Å². The maximum absolute atomic E-state index is 14.3. The minimum atomic E-state index is -0.522. The van der Waals surface area contributed by atoms with Gasteiger partial charge in [-0.3, -0.25) is 4.79 Å². The molecular formula is C17H16FN7O.